The second-order valence-electron chi connectivity index (χ2n) is 5.86. The number of rotatable bonds is 5. The Morgan fingerprint density at radius 2 is 2.21 bits per heavy atom. The van der Waals surface area contributed by atoms with Crippen molar-refractivity contribution in [1.29, 1.82) is 0 Å². The molecule has 19 heavy (non-hydrogen) atoms. The van der Waals surface area contributed by atoms with Gasteiger partial charge in [0.05, 0.1) is 5.60 Å². The van der Waals surface area contributed by atoms with Gasteiger partial charge >= 0.3 is 0 Å². The van der Waals surface area contributed by atoms with Crippen molar-refractivity contribution in [2.45, 2.75) is 50.7 Å². The van der Waals surface area contributed by atoms with E-state index in [-0.39, 0.29) is 5.60 Å². The van der Waals surface area contributed by atoms with Crippen LogP contribution in [0.25, 0.3) is 0 Å². The van der Waals surface area contributed by atoms with Gasteiger partial charge in [-0.05, 0) is 56.7 Å². The van der Waals surface area contributed by atoms with Crippen molar-refractivity contribution in [3.05, 3.63) is 30.1 Å². The summed E-state index contributed by atoms with van der Waals surface area (Å²) in [6.45, 7) is 2.34. The lowest BCUT2D eigenvalue weighted by Gasteiger charge is -2.44. The molecule has 0 amide bonds. The molecule has 1 fully saturated rings. The first-order chi connectivity index (χ1) is 9.20. The standard InChI is InChI=1S/C16H26N2O/c1-13-6-8-16(19-3,9-7-13)15(17-2)11-14-5-4-10-18-12-14/h4-5,10,12-13,15,17H,6-9,11H2,1-3H3. The second kappa shape index (κ2) is 6.49. The Morgan fingerprint density at radius 3 is 2.74 bits per heavy atom. The molecule has 1 atom stereocenters. The topological polar surface area (TPSA) is 34.2 Å². The van der Waals surface area contributed by atoms with Crippen molar-refractivity contribution >= 4 is 0 Å². The lowest BCUT2D eigenvalue weighted by atomic mass is 9.74. The molecule has 0 radical (unpaired) electrons. The molecule has 2 rings (SSSR count). The van der Waals surface area contributed by atoms with E-state index in [0.29, 0.717) is 6.04 Å². The van der Waals surface area contributed by atoms with Crippen LogP contribution in [0.15, 0.2) is 24.5 Å². The normalized spacial score (nSPS) is 29.1. The molecule has 0 aromatic carbocycles. The minimum absolute atomic E-state index is 0.0168. The van der Waals surface area contributed by atoms with E-state index in [1.54, 1.807) is 0 Å². The first-order valence-corrected chi connectivity index (χ1v) is 7.31. The van der Waals surface area contributed by atoms with Gasteiger partial charge in [-0.25, -0.2) is 0 Å². The maximum atomic E-state index is 5.97. The number of hydrogen-bond donors (Lipinski definition) is 1. The highest BCUT2D eigenvalue weighted by atomic mass is 16.5. The zero-order valence-corrected chi connectivity index (χ0v) is 12.4. The van der Waals surface area contributed by atoms with Crippen molar-refractivity contribution < 1.29 is 4.74 Å². The number of ether oxygens (including phenoxy) is 1. The summed E-state index contributed by atoms with van der Waals surface area (Å²) < 4.78 is 5.97. The van der Waals surface area contributed by atoms with Crippen molar-refractivity contribution in [3.8, 4) is 0 Å². The molecule has 1 saturated carbocycles. The number of aromatic nitrogens is 1. The van der Waals surface area contributed by atoms with Gasteiger partial charge in [-0.3, -0.25) is 4.98 Å². The summed E-state index contributed by atoms with van der Waals surface area (Å²) in [7, 11) is 3.91. The number of nitrogens with zero attached hydrogens (tertiary/aromatic N) is 1. The van der Waals surface area contributed by atoms with Gasteiger partial charge in [-0.1, -0.05) is 13.0 Å². The van der Waals surface area contributed by atoms with Gasteiger partial charge in [-0.15, -0.1) is 0 Å². The molecule has 3 nitrogen and oxygen atoms in total. The van der Waals surface area contributed by atoms with Crippen molar-refractivity contribution in [2.24, 2.45) is 5.92 Å². The third-order valence-corrected chi connectivity index (χ3v) is 4.67. The fourth-order valence-corrected chi connectivity index (χ4v) is 3.25. The zero-order valence-electron chi connectivity index (χ0n) is 12.4. The van der Waals surface area contributed by atoms with Crippen LogP contribution in [0.2, 0.25) is 0 Å². The predicted molar refractivity (Wildman–Crippen MR) is 78.2 cm³/mol. The highest BCUT2D eigenvalue weighted by Gasteiger charge is 2.40. The molecule has 1 unspecified atom stereocenters. The van der Waals surface area contributed by atoms with Gasteiger partial charge in [0.2, 0.25) is 0 Å². The summed E-state index contributed by atoms with van der Waals surface area (Å²) in [5.74, 6) is 0.833. The van der Waals surface area contributed by atoms with Gasteiger partial charge < -0.3 is 10.1 Å². The molecule has 1 aliphatic rings. The summed E-state index contributed by atoms with van der Waals surface area (Å²) in [6.07, 6.45) is 9.59. The number of nitrogens with one attached hydrogen (secondary N) is 1. The smallest absolute Gasteiger partial charge is 0.0834 e. The molecule has 0 aliphatic heterocycles. The van der Waals surface area contributed by atoms with Crippen molar-refractivity contribution in [2.75, 3.05) is 14.2 Å². The zero-order chi connectivity index (χ0) is 13.7. The lowest BCUT2D eigenvalue weighted by molar-refractivity contribution is -0.0730. The van der Waals surface area contributed by atoms with Crippen LogP contribution in [0.4, 0.5) is 0 Å². The predicted octanol–water partition coefficient (Wildman–Crippen LogP) is 2.81. The molecular weight excluding hydrogens is 236 g/mol. The SMILES string of the molecule is CNC(Cc1cccnc1)C1(OC)CCC(C)CC1. The molecule has 1 heterocycles. The Kier molecular flexibility index (Phi) is 4.94. The maximum Gasteiger partial charge on any atom is 0.0834 e. The Bertz CT molecular complexity index is 372. The molecule has 1 N–H and O–H groups in total. The fraction of sp³-hybridized carbons (Fsp3) is 0.688. The lowest BCUT2D eigenvalue weighted by Crippen LogP contribution is -2.54. The number of methoxy groups -OCH3 is 1. The van der Waals surface area contributed by atoms with Crippen LogP contribution in [0.5, 0.6) is 0 Å². The third-order valence-electron chi connectivity index (χ3n) is 4.67. The average Bonchev–Trinajstić information content (AvgIpc) is 2.47. The average molecular weight is 262 g/mol. The molecule has 1 aromatic heterocycles. The van der Waals surface area contributed by atoms with Gasteiger partial charge in [0.25, 0.3) is 0 Å². The van der Waals surface area contributed by atoms with E-state index in [0.717, 1.165) is 25.2 Å². The van der Waals surface area contributed by atoms with E-state index >= 15 is 0 Å². The van der Waals surface area contributed by atoms with E-state index in [2.05, 4.69) is 23.3 Å². The first-order valence-electron chi connectivity index (χ1n) is 7.31. The van der Waals surface area contributed by atoms with Gasteiger partial charge in [0, 0.05) is 25.5 Å². The van der Waals surface area contributed by atoms with Gasteiger partial charge in [0.1, 0.15) is 0 Å². The molecular formula is C16H26N2O. The minimum Gasteiger partial charge on any atom is -0.377 e. The largest absolute Gasteiger partial charge is 0.377 e. The van der Waals surface area contributed by atoms with E-state index in [9.17, 15) is 0 Å². The summed E-state index contributed by atoms with van der Waals surface area (Å²) in [5, 5.41) is 3.47. The summed E-state index contributed by atoms with van der Waals surface area (Å²) in [6, 6.07) is 4.51. The van der Waals surface area contributed by atoms with Crippen LogP contribution in [0.3, 0.4) is 0 Å². The molecule has 0 bridgehead atoms. The molecule has 0 saturated heterocycles. The minimum atomic E-state index is -0.0168. The highest BCUT2D eigenvalue weighted by Crippen LogP contribution is 2.37. The van der Waals surface area contributed by atoms with E-state index in [1.165, 1.54) is 18.4 Å². The second-order valence-corrected chi connectivity index (χ2v) is 5.86. The fourth-order valence-electron chi connectivity index (χ4n) is 3.25. The van der Waals surface area contributed by atoms with Crippen LogP contribution in [-0.2, 0) is 11.2 Å². The Labute approximate surface area is 116 Å². The van der Waals surface area contributed by atoms with Crippen LogP contribution in [-0.4, -0.2) is 30.8 Å². The van der Waals surface area contributed by atoms with Crippen LogP contribution in [0.1, 0.15) is 38.2 Å². The molecule has 106 valence electrons. The third kappa shape index (κ3) is 3.34. The Hall–Kier alpha value is -0.930. The number of pyridine rings is 1. The molecule has 0 spiro atoms. The van der Waals surface area contributed by atoms with Crippen LogP contribution in [0, 0.1) is 5.92 Å². The van der Waals surface area contributed by atoms with Gasteiger partial charge in [-0.2, -0.15) is 0 Å². The van der Waals surface area contributed by atoms with E-state index < -0.39 is 0 Å². The molecule has 1 aromatic rings. The Balaban J connectivity index is 2.10. The van der Waals surface area contributed by atoms with Crippen LogP contribution >= 0.6 is 0 Å². The Morgan fingerprint density at radius 1 is 1.47 bits per heavy atom. The molecule has 3 heteroatoms. The summed E-state index contributed by atoms with van der Waals surface area (Å²) in [4.78, 5) is 4.21. The quantitative estimate of drug-likeness (QED) is 0.886. The number of likely N-dealkylation sites (N-methyl/N-ethyl adjacent to an activating group) is 1. The van der Waals surface area contributed by atoms with Gasteiger partial charge in [0.15, 0.2) is 0 Å². The van der Waals surface area contributed by atoms with Crippen molar-refractivity contribution in [3.63, 3.8) is 0 Å². The maximum absolute atomic E-state index is 5.97. The first kappa shape index (κ1) is 14.5. The monoisotopic (exact) mass is 262 g/mol. The highest BCUT2D eigenvalue weighted by molar-refractivity contribution is 5.13. The summed E-state index contributed by atoms with van der Waals surface area (Å²) >= 11 is 0. The molecule has 1 aliphatic carbocycles. The van der Waals surface area contributed by atoms with Crippen molar-refractivity contribution in [1.82, 2.24) is 10.3 Å². The summed E-state index contributed by atoms with van der Waals surface area (Å²) in [5.41, 5.74) is 1.26. The van der Waals surface area contributed by atoms with Crippen LogP contribution < -0.4 is 5.32 Å². The number of hydrogen-bond acceptors (Lipinski definition) is 3. The van der Waals surface area contributed by atoms with E-state index in [4.69, 9.17) is 4.74 Å². The van der Waals surface area contributed by atoms with E-state index in [1.807, 2.05) is 32.6 Å².